The molecule has 1 rings (SSSR count). The van der Waals surface area contributed by atoms with Gasteiger partial charge >= 0.3 is 5.97 Å². The van der Waals surface area contributed by atoms with Crippen LogP contribution in [0.25, 0.3) is 0 Å². The van der Waals surface area contributed by atoms with E-state index in [1.807, 2.05) is 37.3 Å². The lowest BCUT2D eigenvalue weighted by atomic mass is 9.90. The van der Waals surface area contributed by atoms with Crippen molar-refractivity contribution in [2.45, 2.75) is 44.6 Å². The van der Waals surface area contributed by atoms with Crippen LogP contribution in [0.5, 0.6) is 0 Å². The Labute approximate surface area is 141 Å². The molecule has 134 valence electrons. The molecular weight excluding hydrogens is 334 g/mol. The molecule has 0 radical (unpaired) electrons. The summed E-state index contributed by atoms with van der Waals surface area (Å²) >= 11 is 0. The summed E-state index contributed by atoms with van der Waals surface area (Å²) < 4.78 is 30.5. The van der Waals surface area contributed by atoms with E-state index in [2.05, 4.69) is 5.32 Å². The van der Waals surface area contributed by atoms with Gasteiger partial charge in [0.2, 0.25) is 5.91 Å². The summed E-state index contributed by atoms with van der Waals surface area (Å²) in [7, 11) is -4.50. The number of carboxylic acid groups (broad SMARTS) is 1. The monoisotopic (exact) mass is 357 g/mol. The third-order valence-electron chi connectivity index (χ3n) is 3.62. The van der Waals surface area contributed by atoms with Crippen molar-refractivity contribution in [1.82, 2.24) is 5.32 Å². The van der Waals surface area contributed by atoms with Gasteiger partial charge in [-0.15, -0.1) is 0 Å². The van der Waals surface area contributed by atoms with Gasteiger partial charge in [0, 0.05) is 6.42 Å². The highest BCUT2D eigenvalue weighted by atomic mass is 32.2. The van der Waals surface area contributed by atoms with E-state index in [1.54, 1.807) is 0 Å². The van der Waals surface area contributed by atoms with Crippen LogP contribution in [0.2, 0.25) is 0 Å². The van der Waals surface area contributed by atoms with E-state index in [4.69, 9.17) is 9.66 Å². The average molecular weight is 357 g/mol. The predicted octanol–water partition coefficient (Wildman–Crippen LogP) is 1.81. The molecule has 0 aliphatic carbocycles. The lowest BCUT2D eigenvalue weighted by Crippen LogP contribution is -2.45. The molecule has 2 atom stereocenters. The summed E-state index contributed by atoms with van der Waals surface area (Å²) in [5, 5.41) is 11.2. The molecule has 1 amide bonds. The molecule has 7 nitrogen and oxygen atoms in total. The summed E-state index contributed by atoms with van der Waals surface area (Å²) in [6.07, 6.45) is 2.70. The zero-order valence-corrected chi connectivity index (χ0v) is 14.3. The number of hydrogen-bond donors (Lipinski definition) is 3. The van der Waals surface area contributed by atoms with Crippen LogP contribution in [-0.4, -0.2) is 41.7 Å². The first-order valence-electron chi connectivity index (χ1n) is 7.75. The van der Waals surface area contributed by atoms with E-state index in [9.17, 15) is 18.0 Å². The van der Waals surface area contributed by atoms with Crippen molar-refractivity contribution in [2.24, 2.45) is 0 Å². The maximum Gasteiger partial charge on any atom is 0.327 e. The zero-order chi connectivity index (χ0) is 18.2. The van der Waals surface area contributed by atoms with Gasteiger partial charge < -0.3 is 10.4 Å². The van der Waals surface area contributed by atoms with Crippen LogP contribution in [0.1, 0.15) is 44.1 Å². The summed E-state index contributed by atoms with van der Waals surface area (Å²) in [5.41, 5.74) is 0.975. The van der Waals surface area contributed by atoms with Crippen LogP contribution >= 0.6 is 0 Å². The molecular formula is C16H23NO6S. The Bertz CT molecular complexity index is 644. The minimum Gasteiger partial charge on any atom is -0.480 e. The second-order valence-corrected chi connectivity index (χ2v) is 7.16. The number of unbranched alkanes of at least 4 members (excludes halogenated alkanes) is 1. The number of carbonyl (C=O) groups excluding carboxylic acids is 1. The van der Waals surface area contributed by atoms with E-state index in [-0.39, 0.29) is 12.3 Å². The number of hydrogen-bond acceptors (Lipinski definition) is 4. The first-order valence-corrected chi connectivity index (χ1v) is 9.36. The van der Waals surface area contributed by atoms with Gasteiger partial charge in [-0.2, -0.15) is 8.42 Å². The maximum absolute atomic E-state index is 12.1. The van der Waals surface area contributed by atoms with Crippen molar-refractivity contribution in [1.29, 1.82) is 0 Å². The Hall–Kier alpha value is -1.93. The molecule has 0 saturated heterocycles. The summed E-state index contributed by atoms with van der Waals surface area (Å²) in [5.74, 6) is -3.20. The number of carbonyl (C=O) groups is 2. The van der Waals surface area contributed by atoms with E-state index in [1.165, 1.54) is 0 Å². The van der Waals surface area contributed by atoms with Crippen molar-refractivity contribution in [3.8, 4) is 0 Å². The molecule has 0 bridgehead atoms. The Kier molecular flexibility index (Phi) is 7.87. The van der Waals surface area contributed by atoms with Crippen LogP contribution < -0.4 is 5.32 Å². The van der Waals surface area contributed by atoms with Crippen LogP contribution in [0.15, 0.2) is 30.3 Å². The molecule has 1 aromatic carbocycles. The molecule has 1 aromatic rings. The van der Waals surface area contributed by atoms with E-state index < -0.39 is 33.8 Å². The van der Waals surface area contributed by atoms with E-state index in [0.717, 1.165) is 24.8 Å². The molecule has 0 aromatic heterocycles. The zero-order valence-electron chi connectivity index (χ0n) is 13.5. The van der Waals surface area contributed by atoms with Crippen LogP contribution in [0.3, 0.4) is 0 Å². The second-order valence-electron chi connectivity index (χ2n) is 5.66. The molecule has 0 aliphatic heterocycles. The van der Waals surface area contributed by atoms with Gasteiger partial charge in [-0.25, -0.2) is 4.79 Å². The van der Waals surface area contributed by atoms with Gasteiger partial charge in [0.25, 0.3) is 10.1 Å². The summed E-state index contributed by atoms with van der Waals surface area (Å²) in [6, 6.07) is 7.73. The standard InChI is InChI=1S/C16H23NO6S/c1-2-3-7-13(12-8-5-4-6-9-12)10-15(18)17-14(16(19)20)11-24(21,22)23/h4-6,8-9,13-14H,2-3,7,10-11H2,1H3,(H,17,18)(H,19,20)(H,21,22,23)/t13?,14-/m0/s1. The fourth-order valence-electron chi connectivity index (χ4n) is 2.42. The smallest absolute Gasteiger partial charge is 0.327 e. The average Bonchev–Trinajstić information content (AvgIpc) is 2.50. The highest BCUT2D eigenvalue weighted by molar-refractivity contribution is 7.85. The van der Waals surface area contributed by atoms with Crippen molar-refractivity contribution in [2.75, 3.05) is 5.75 Å². The van der Waals surface area contributed by atoms with E-state index >= 15 is 0 Å². The number of aliphatic carboxylic acids is 1. The number of carboxylic acids is 1. The minimum atomic E-state index is -4.50. The fourth-order valence-corrected chi connectivity index (χ4v) is 3.07. The number of amides is 1. The van der Waals surface area contributed by atoms with Gasteiger partial charge in [0.05, 0.1) is 0 Å². The molecule has 24 heavy (non-hydrogen) atoms. The van der Waals surface area contributed by atoms with Crippen LogP contribution in [-0.2, 0) is 19.7 Å². The first kappa shape index (κ1) is 20.1. The van der Waals surface area contributed by atoms with Gasteiger partial charge in [0.15, 0.2) is 0 Å². The molecule has 1 unspecified atom stereocenters. The molecule has 3 N–H and O–H groups in total. The predicted molar refractivity (Wildman–Crippen MR) is 89.3 cm³/mol. The highest BCUT2D eigenvalue weighted by Crippen LogP contribution is 2.25. The molecule has 0 saturated carbocycles. The van der Waals surface area contributed by atoms with Gasteiger partial charge in [0.1, 0.15) is 11.8 Å². The molecule has 0 fully saturated rings. The van der Waals surface area contributed by atoms with Crippen molar-refractivity contribution in [3.63, 3.8) is 0 Å². The summed E-state index contributed by atoms with van der Waals surface area (Å²) in [4.78, 5) is 23.2. The second kappa shape index (κ2) is 9.39. The van der Waals surface area contributed by atoms with Crippen LogP contribution in [0, 0.1) is 0 Å². The quantitative estimate of drug-likeness (QED) is 0.549. The van der Waals surface area contributed by atoms with Crippen molar-refractivity contribution < 1.29 is 27.7 Å². The Morgan fingerprint density at radius 2 is 1.83 bits per heavy atom. The first-order chi connectivity index (χ1) is 11.2. The van der Waals surface area contributed by atoms with Gasteiger partial charge in [-0.3, -0.25) is 9.35 Å². The Morgan fingerprint density at radius 1 is 1.21 bits per heavy atom. The van der Waals surface area contributed by atoms with Gasteiger partial charge in [-0.1, -0.05) is 50.1 Å². The van der Waals surface area contributed by atoms with E-state index in [0.29, 0.717) is 0 Å². The third-order valence-corrected chi connectivity index (χ3v) is 4.37. The number of rotatable bonds is 10. The fraction of sp³-hybridized carbons (Fsp3) is 0.500. The SMILES string of the molecule is CCCCC(CC(=O)N[C@@H](CS(=O)(=O)O)C(=O)O)c1ccccc1. The molecule has 0 heterocycles. The highest BCUT2D eigenvalue weighted by Gasteiger charge is 2.26. The number of benzene rings is 1. The Balaban J connectivity index is 2.78. The van der Waals surface area contributed by atoms with Crippen molar-refractivity contribution in [3.05, 3.63) is 35.9 Å². The maximum atomic E-state index is 12.1. The lowest BCUT2D eigenvalue weighted by Gasteiger charge is -2.19. The minimum absolute atomic E-state index is 0.0548. The van der Waals surface area contributed by atoms with Crippen LogP contribution in [0.4, 0.5) is 0 Å². The van der Waals surface area contributed by atoms with Crippen molar-refractivity contribution >= 4 is 22.0 Å². The molecule has 8 heteroatoms. The largest absolute Gasteiger partial charge is 0.480 e. The van der Waals surface area contributed by atoms with Gasteiger partial charge in [-0.05, 0) is 17.9 Å². The topological polar surface area (TPSA) is 121 Å². The summed E-state index contributed by atoms with van der Waals surface area (Å²) in [6.45, 7) is 2.04. The molecule has 0 aliphatic rings. The third kappa shape index (κ3) is 7.56. The molecule has 0 spiro atoms. The Morgan fingerprint density at radius 3 is 2.33 bits per heavy atom. The normalized spacial score (nSPS) is 13.9. The lowest BCUT2D eigenvalue weighted by molar-refractivity contribution is -0.141. The number of nitrogens with one attached hydrogen (secondary N) is 1.